The minimum absolute atomic E-state index is 0.143. The third kappa shape index (κ3) is 4.92. The van der Waals surface area contributed by atoms with E-state index in [-0.39, 0.29) is 19.0 Å². The summed E-state index contributed by atoms with van der Waals surface area (Å²) in [5.41, 5.74) is 2.40. The van der Waals surface area contributed by atoms with E-state index in [1.807, 2.05) is 24.3 Å². The van der Waals surface area contributed by atoms with Crippen LogP contribution in [0.3, 0.4) is 0 Å². The van der Waals surface area contributed by atoms with Gasteiger partial charge in [-0.2, -0.15) is 4.80 Å². The molecule has 0 unspecified atom stereocenters. The Balaban J connectivity index is 1.39. The molecule has 4 aromatic rings. The first-order valence-electron chi connectivity index (χ1n) is 9.54. The Morgan fingerprint density at radius 1 is 1.03 bits per heavy atom. The molecule has 0 bridgehead atoms. The first-order chi connectivity index (χ1) is 15.1. The summed E-state index contributed by atoms with van der Waals surface area (Å²) < 4.78 is 24.3. The smallest absolute Gasteiger partial charge is 0.338 e. The van der Waals surface area contributed by atoms with Crippen LogP contribution in [0.2, 0.25) is 0 Å². The summed E-state index contributed by atoms with van der Waals surface area (Å²) in [5.74, 6) is 0.324. The van der Waals surface area contributed by atoms with Crippen molar-refractivity contribution in [2.75, 3.05) is 7.11 Å². The van der Waals surface area contributed by atoms with E-state index in [2.05, 4.69) is 15.4 Å². The molecule has 0 aliphatic rings. The number of carbonyl (C=O) groups excluding carboxylic acids is 1. The highest BCUT2D eigenvalue weighted by Gasteiger charge is 2.11. The molecule has 1 heterocycles. The fourth-order valence-electron chi connectivity index (χ4n) is 2.95. The van der Waals surface area contributed by atoms with Gasteiger partial charge in [0.1, 0.15) is 18.2 Å². The zero-order valence-electron chi connectivity index (χ0n) is 16.7. The molecule has 31 heavy (non-hydrogen) atoms. The zero-order valence-corrected chi connectivity index (χ0v) is 16.7. The molecule has 3 aromatic carbocycles. The average molecular weight is 418 g/mol. The Morgan fingerprint density at radius 2 is 1.84 bits per heavy atom. The largest absolute Gasteiger partial charge is 0.497 e. The van der Waals surface area contributed by atoms with Crippen molar-refractivity contribution >= 4 is 5.97 Å². The van der Waals surface area contributed by atoms with Gasteiger partial charge in [0.2, 0.25) is 5.82 Å². The number of benzene rings is 3. The summed E-state index contributed by atoms with van der Waals surface area (Å²) in [5, 5.41) is 12.3. The molecule has 0 atom stereocenters. The second-order valence-corrected chi connectivity index (χ2v) is 6.74. The third-order valence-electron chi connectivity index (χ3n) is 4.61. The van der Waals surface area contributed by atoms with Crippen molar-refractivity contribution in [2.24, 2.45) is 0 Å². The summed E-state index contributed by atoms with van der Waals surface area (Å²) in [6.07, 6.45) is 0. The predicted molar refractivity (Wildman–Crippen MR) is 111 cm³/mol. The van der Waals surface area contributed by atoms with Crippen LogP contribution in [0, 0.1) is 5.82 Å². The minimum atomic E-state index is -0.439. The second kappa shape index (κ2) is 9.17. The van der Waals surface area contributed by atoms with Gasteiger partial charge in [-0.1, -0.05) is 42.5 Å². The number of carbonyl (C=O) groups is 1. The van der Waals surface area contributed by atoms with E-state index in [0.29, 0.717) is 28.3 Å². The van der Waals surface area contributed by atoms with Crippen molar-refractivity contribution in [2.45, 2.75) is 13.2 Å². The maximum atomic E-state index is 13.8. The SMILES string of the molecule is COc1cccc(COC(=O)c2ccc(-c3nnn(Cc4ccccc4F)n3)cc2)c1. The van der Waals surface area contributed by atoms with Gasteiger partial charge in [-0.25, -0.2) is 9.18 Å². The highest BCUT2D eigenvalue weighted by atomic mass is 19.1. The van der Waals surface area contributed by atoms with E-state index >= 15 is 0 Å². The van der Waals surface area contributed by atoms with Gasteiger partial charge >= 0.3 is 5.97 Å². The number of rotatable bonds is 7. The summed E-state index contributed by atoms with van der Waals surface area (Å²) >= 11 is 0. The first kappa shape index (κ1) is 20.2. The average Bonchev–Trinajstić information content (AvgIpc) is 3.28. The lowest BCUT2D eigenvalue weighted by Gasteiger charge is -2.07. The highest BCUT2D eigenvalue weighted by molar-refractivity contribution is 5.89. The minimum Gasteiger partial charge on any atom is -0.497 e. The zero-order chi connectivity index (χ0) is 21.6. The molecule has 0 saturated heterocycles. The molecular weight excluding hydrogens is 399 g/mol. The molecule has 0 amide bonds. The van der Waals surface area contributed by atoms with Crippen molar-refractivity contribution in [3.8, 4) is 17.1 Å². The number of hydrogen-bond acceptors (Lipinski definition) is 6. The molecule has 8 heteroatoms. The van der Waals surface area contributed by atoms with E-state index in [9.17, 15) is 9.18 Å². The number of methoxy groups -OCH3 is 1. The molecule has 1 aromatic heterocycles. The van der Waals surface area contributed by atoms with Crippen molar-refractivity contribution in [1.82, 2.24) is 20.2 Å². The van der Waals surface area contributed by atoms with Crippen LogP contribution in [0.25, 0.3) is 11.4 Å². The number of ether oxygens (including phenoxy) is 2. The number of halogens is 1. The van der Waals surface area contributed by atoms with Crippen molar-refractivity contribution in [1.29, 1.82) is 0 Å². The van der Waals surface area contributed by atoms with Crippen LogP contribution >= 0.6 is 0 Å². The van der Waals surface area contributed by atoms with Gasteiger partial charge in [0.05, 0.1) is 19.2 Å². The Bertz CT molecular complexity index is 1190. The van der Waals surface area contributed by atoms with Crippen LogP contribution in [0.15, 0.2) is 72.8 Å². The normalized spacial score (nSPS) is 10.6. The van der Waals surface area contributed by atoms with Crippen LogP contribution in [0.4, 0.5) is 4.39 Å². The maximum absolute atomic E-state index is 13.8. The van der Waals surface area contributed by atoms with Gasteiger partial charge in [-0.05, 0) is 41.1 Å². The quantitative estimate of drug-likeness (QED) is 0.424. The van der Waals surface area contributed by atoms with Gasteiger partial charge in [-0.3, -0.25) is 0 Å². The number of nitrogens with zero attached hydrogens (tertiary/aromatic N) is 4. The second-order valence-electron chi connectivity index (χ2n) is 6.74. The van der Waals surface area contributed by atoms with Gasteiger partial charge < -0.3 is 9.47 Å². The van der Waals surface area contributed by atoms with Gasteiger partial charge in [-0.15, -0.1) is 10.2 Å². The molecule has 7 nitrogen and oxygen atoms in total. The standard InChI is InChI=1S/C23H19FN4O3/c1-30-20-7-4-5-16(13-20)15-31-23(29)18-11-9-17(10-12-18)22-25-27-28(26-22)14-19-6-2-3-8-21(19)24/h2-13H,14-15H2,1H3. The van der Waals surface area contributed by atoms with Crippen LogP contribution in [-0.2, 0) is 17.9 Å². The molecule has 0 radical (unpaired) electrons. The third-order valence-corrected chi connectivity index (χ3v) is 4.61. The molecule has 0 saturated carbocycles. The van der Waals surface area contributed by atoms with E-state index in [1.165, 1.54) is 10.9 Å². The molecule has 0 spiro atoms. The van der Waals surface area contributed by atoms with Crippen molar-refractivity contribution in [3.05, 3.63) is 95.3 Å². The number of aromatic nitrogens is 4. The number of tetrazole rings is 1. The fourth-order valence-corrected chi connectivity index (χ4v) is 2.95. The summed E-state index contributed by atoms with van der Waals surface area (Å²) in [6, 6.07) is 20.5. The molecular formula is C23H19FN4O3. The van der Waals surface area contributed by atoms with Crippen LogP contribution in [-0.4, -0.2) is 33.3 Å². The van der Waals surface area contributed by atoms with E-state index < -0.39 is 5.97 Å². The van der Waals surface area contributed by atoms with Crippen molar-refractivity contribution < 1.29 is 18.7 Å². The monoisotopic (exact) mass is 418 g/mol. The summed E-state index contributed by atoms with van der Waals surface area (Å²) in [4.78, 5) is 13.6. The number of hydrogen-bond donors (Lipinski definition) is 0. The van der Waals surface area contributed by atoms with Crippen molar-refractivity contribution in [3.63, 3.8) is 0 Å². The van der Waals surface area contributed by atoms with Gasteiger partial charge in [0.15, 0.2) is 0 Å². The summed E-state index contributed by atoms with van der Waals surface area (Å²) in [6.45, 7) is 0.318. The van der Waals surface area contributed by atoms with Crippen LogP contribution in [0.5, 0.6) is 5.75 Å². The summed E-state index contributed by atoms with van der Waals surface area (Å²) in [7, 11) is 1.58. The van der Waals surface area contributed by atoms with E-state index in [4.69, 9.17) is 9.47 Å². The van der Waals surface area contributed by atoms with E-state index in [1.54, 1.807) is 49.6 Å². The molecule has 4 rings (SSSR count). The molecule has 156 valence electrons. The Kier molecular flexibility index (Phi) is 5.98. The van der Waals surface area contributed by atoms with E-state index in [0.717, 1.165) is 5.56 Å². The maximum Gasteiger partial charge on any atom is 0.338 e. The molecule has 0 fully saturated rings. The lowest BCUT2D eigenvalue weighted by Crippen LogP contribution is -2.06. The first-order valence-corrected chi connectivity index (χ1v) is 9.54. The van der Waals surface area contributed by atoms with Crippen LogP contribution < -0.4 is 4.74 Å². The Hall–Kier alpha value is -4.07. The van der Waals surface area contributed by atoms with Gasteiger partial charge in [0, 0.05) is 11.1 Å². The van der Waals surface area contributed by atoms with Gasteiger partial charge in [0.25, 0.3) is 0 Å². The topological polar surface area (TPSA) is 79.1 Å². The molecule has 0 N–H and O–H groups in total. The Labute approximate surface area is 178 Å². The fraction of sp³-hybridized carbons (Fsp3) is 0.130. The number of esters is 1. The Morgan fingerprint density at radius 3 is 2.61 bits per heavy atom. The highest BCUT2D eigenvalue weighted by Crippen LogP contribution is 2.17. The molecule has 0 aliphatic heterocycles. The lowest BCUT2D eigenvalue weighted by molar-refractivity contribution is 0.0472. The molecule has 0 aliphatic carbocycles. The lowest BCUT2D eigenvalue weighted by atomic mass is 10.1. The predicted octanol–water partition coefficient (Wildman–Crippen LogP) is 3.89. The van der Waals surface area contributed by atoms with Crippen LogP contribution in [0.1, 0.15) is 21.5 Å².